The van der Waals surface area contributed by atoms with Crippen LogP contribution in [0.2, 0.25) is 0 Å². The lowest BCUT2D eigenvalue weighted by atomic mass is 10.0. The number of amides is 1. The van der Waals surface area contributed by atoms with Crippen LogP contribution in [0.5, 0.6) is 0 Å². The summed E-state index contributed by atoms with van der Waals surface area (Å²) in [6.07, 6.45) is 0. The Hall–Kier alpha value is -2.31. The van der Waals surface area contributed by atoms with E-state index in [1.165, 1.54) is 7.11 Å². The van der Waals surface area contributed by atoms with Gasteiger partial charge >= 0.3 is 0 Å². The fourth-order valence-electron chi connectivity index (χ4n) is 2.71. The normalized spacial score (nSPS) is 11.0. The van der Waals surface area contributed by atoms with Crippen LogP contribution >= 0.6 is 11.3 Å². The van der Waals surface area contributed by atoms with Crippen LogP contribution in [0.1, 0.15) is 16.8 Å². The SMILES string of the molecule is COCC(=O)Nc1ccc2c(C)cc(-c3scnc3C)nc2c1C. The number of fused-ring (bicyclic) bond motifs is 1. The lowest BCUT2D eigenvalue weighted by Crippen LogP contribution is -2.17. The third-order valence-electron chi connectivity index (χ3n) is 3.97. The topological polar surface area (TPSA) is 64.1 Å². The molecule has 0 aliphatic rings. The van der Waals surface area contributed by atoms with Crippen LogP contribution in [0.3, 0.4) is 0 Å². The molecule has 2 heterocycles. The zero-order valence-corrected chi connectivity index (χ0v) is 15.0. The third kappa shape index (κ3) is 3.02. The first-order valence-corrected chi connectivity index (χ1v) is 8.49. The average molecular weight is 341 g/mol. The van der Waals surface area contributed by atoms with Gasteiger partial charge in [0.2, 0.25) is 5.91 Å². The fourth-order valence-corrected chi connectivity index (χ4v) is 3.48. The van der Waals surface area contributed by atoms with E-state index in [4.69, 9.17) is 9.72 Å². The molecule has 0 unspecified atom stereocenters. The summed E-state index contributed by atoms with van der Waals surface area (Å²) in [5.74, 6) is -0.175. The van der Waals surface area contributed by atoms with Gasteiger partial charge in [-0.2, -0.15) is 0 Å². The highest BCUT2D eigenvalue weighted by Crippen LogP contribution is 2.32. The number of hydrogen-bond acceptors (Lipinski definition) is 5. The number of anilines is 1. The Morgan fingerprint density at radius 2 is 2.08 bits per heavy atom. The molecule has 124 valence electrons. The highest BCUT2D eigenvalue weighted by molar-refractivity contribution is 7.13. The highest BCUT2D eigenvalue weighted by Gasteiger charge is 2.13. The van der Waals surface area contributed by atoms with Gasteiger partial charge in [0, 0.05) is 18.2 Å². The number of thiazole rings is 1. The van der Waals surface area contributed by atoms with Crippen molar-refractivity contribution >= 4 is 33.8 Å². The van der Waals surface area contributed by atoms with Crippen molar-refractivity contribution in [3.05, 3.63) is 40.5 Å². The molecule has 2 aromatic heterocycles. The van der Waals surface area contributed by atoms with Gasteiger partial charge in [-0.1, -0.05) is 6.07 Å². The Morgan fingerprint density at radius 3 is 2.75 bits per heavy atom. The molecular weight excluding hydrogens is 322 g/mol. The van der Waals surface area contributed by atoms with Crippen molar-refractivity contribution in [1.82, 2.24) is 9.97 Å². The maximum atomic E-state index is 11.8. The number of hydrogen-bond donors (Lipinski definition) is 1. The molecule has 0 saturated heterocycles. The van der Waals surface area contributed by atoms with E-state index in [-0.39, 0.29) is 12.5 Å². The summed E-state index contributed by atoms with van der Waals surface area (Å²) in [5.41, 5.74) is 7.49. The third-order valence-corrected chi connectivity index (χ3v) is 4.92. The highest BCUT2D eigenvalue weighted by atomic mass is 32.1. The van der Waals surface area contributed by atoms with E-state index in [1.54, 1.807) is 11.3 Å². The Morgan fingerprint density at radius 1 is 1.29 bits per heavy atom. The predicted molar refractivity (Wildman–Crippen MR) is 97.6 cm³/mol. The summed E-state index contributed by atoms with van der Waals surface area (Å²) >= 11 is 1.59. The molecule has 3 rings (SSSR count). The first-order chi connectivity index (χ1) is 11.5. The molecule has 0 spiro atoms. The Bertz CT molecular complexity index is 918. The van der Waals surface area contributed by atoms with Gasteiger partial charge in [0.25, 0.3) is 0 Å². The van der Waals surface area contributed by atoms with Crippen molar-refractivity contribution in [2.45, 2.75) is 20.8 Å². The lowest BCUT2D eigenvalue weighted by Gasteiger charge is -2.13. The quantitative estimate of drug-likeness (QED) is 0.782. The maximum Gasteiger partial charge on any atom is 0.250 e. The number of pyridine rings is 1. The van der Waals surface area contributed by atoms with Gasteiger partial charge in [0.15, 0.2) is 0 Å². The summed E-state index contributed by atoms with van der Waals surface area (Å²) in [7, 11) is 1.50. The van der Waals surface area contributed by atoms with Crippen LogP contribution in [0.15, 0.2) is 23.7 Å². The van der Waals surface area contributed by atoms with Gasteiger partial charge < -0.3 is 10.1 Å². The molecule has 0 radical (unpaired) electrons. The number of nitrogens with zero attached hydrogens (tertiary/aromatic N) is 2. The van der Waals surface area contributed by atoms with Crippen LogP contribution in [0, 0.1) is 20.8 Å². The van der Waals surface area contributed by atoms with E-state index in [0.29, 0.717) is 0 Å². The fraction of sp³-hybridized carbons (Fsp3) is 0.278. The van der Waals surface area contributed by atoms with E-state index in [0.717, 1.165) is 44.0 Å². The van der Waals surface area contributed by atoms with Crippen molar-refractivity contribution in [3.8, 4) is 10.6 Å². The molecule has 0 bridgehead atoms. The smallest absolute Gasteiger partial charge is 0.250 e. The van der Waals surface area contributed by atoms with Crippen LogP contribution in [0.4, 0.5) is 5.69 Å². The number of nitrogens with one attached hydrogen (secondary N) is 1. The number of methoxy groups -OCH3 is 1. The van der Waals surface area contributed by atoms with Crippen molar-refractivity contribution in [2.24, 2.45) is 0 Å². The van der Waals surface area contributed by atoms with E-state index in [2.05, 4.69) is 23.3 Å². The van der Waals surface area contributed by atoms with Gasteiger partial charge in [-0.15, -0.1) is 11.3 Å². The number of ether oxygens (including phenoxy) is 1. The van der Waals surface area contributed by atoms with E-state index in [1.807, 2.05) is 31.5 Å². The van der Waals surface area contributed by atoms with Crippen molar-refractivity contribution in [3.63, 3.8) is 0 Å². The summed E-state index contributed by atoms with van der Waals surface area (Å²) < 4.78 is 4.87. The summed E-state index contributed by atoms with van der Waals surface area (Å²) in [4.78, 5) is 22.0. The van der Waals surface area contributed by atoms with E-state index in [9.17, 15) is 4.79 Å². The largest absolute Gasteiger partial charge is 0.375 e. The van der Waals surface area contributed by atoms with Gasteiger partial charge in [-0.3, -0.25) is 4.79 Å². The molecular formula is C18H19N3O2S. The second-order valence-electron chi connectivity index (χ2n) is 5.71. The number of carbonyl (C=O) groups excluding carboxylic acids is 1. The molecule has 0 aliphatic heterocycles. The predicted octanol–water partition coefficient (Wildman–Crippen LogP) is 3.87. The molecule has 0 saturated carbocycles. The van der Waals surface area contributed by atoms with Gasteiger partial charge in [0.1, 0.15) is 6.61 Å². The first-order valence-electron chi connectivity index (χ1n) is 7.61. The lowest BCUT2D eigenvalue weighted by molar-refractivity contribution is -0.119. The second kappa shape index (κ2) is 6.67. The summed E-state index contributed by atoms with van der Waals surface area (Å²) in [5, 5.41) is 3.96. The second-order valence-corrected chi connectivity index (χ2v) is 6.56. The first kappa shape index (κ1) is 16.5. The van der Waals surface area contributed by atoms with Crippen LogP contribution < -0.4 is 5.32 Å². The van der Waals surface area contributed by atoms with Crippen molar-refractivity contribution in [2.75, 3.05) is 19.0 Å². The van der Waals surface area contributed by atoms with E-state index < -0.39 is 0 Å². The molecule has 1 amide bonds. The van der Waals surface area contributed by atoms with Gasteiger partial charge in [-0.25, -0.2) is 9.97 Å². The van der Waals surface area contributed by atoms with E-state index >= 15 is 0 Å². The minimum atomic E-state index is -0.175. The minimum absolute atomic E-state index is 0.0318. The number of rotatable bonds is 4. The van der Waals surface area contributed by atoms with Crippen LogP contribution in [-0.2, 0) is 9.53 Å². The number of carbonyl (C=O) groups is 1. The average Bonchev–Trinajstić information content (AvgIpc) is 2.97. The standard InChI is InChI=1S/C18H19N3O2S/c1-10-7-15(18-12(3)19-9-24-18)21-17-11(2)14(6-5-13(10)17)20-16(22)8-23-4/h5-7,9H,8H2,1-4H3,(H,20,22). The zero-order chi connectivity index (χ0) is 17.3. The molecule has 6 heteroatoms. The molecule has 3 aromatic rings. The molecule has 1 aromatic carbocycles. The minimum Gasteiger partial charge on any atom is -0.375 e. The molecule has 1 N–H and O–H groups in total. The van der Waals surface area contributed by atoms with Crippen molar-refractivity contribution < 1.29 is 9.53 Å². The molecule has 0 atom stereocenters. The molecule has 24 heavy (non-hydrogen) atoms. The number of aryl methyl sites for hydroxylation is 3. The zero-order valence-electron chi connectivity index (χ0n) is 14.1. The number of benzene rings is 1. The molecule has 0 fully saturated rings. The van der Waals surface area contributed by atoms with Gasteiger partial charge in [0.05, 0.1) is 27.3 Å². The molecule has 0 aliphatic carbocycles. The Balaban J connectivity index is 2.12. The monoisotopic (exact) mass is 341 g/mol. The Labute approximate surface area is 144 Å². The number of aromatic nitrogens is 2. The summed E-state index contributed by atoms with van der Waals surface area (Å²) in [6.45, 7) is 6.07. The summed E-state index contributed by atoms with van der Waals surface area (Å²) in [6, 6.07) is 6.00. The maximum absolute atomic E-state index is 11.8. The van der Waals surface area contributed by atoms with Crippen molar-refractivity contribution in [1.29, 1.82) is 0 Å². The molecule has 5 nitrogen and oxygen atoms in total. The Kier molecular flexibility index (Phi) is 4.59. The van der Waals surface area contributed by atoms with Crippen LogP contribution in [0.25, 0.3) is 21.5 Å². The van der Waals surface area contributed by atoms with Crippen LogP contribution in [-0.4, -0.2) is 29.6 Å². The van der Waals surface area contributed by atoms with Gasteiger partial charge in [-0.05, 0) is 44.0 Å².